The zero-order chi connectivity index (χ0) is 18.7. The van der Waals surface area contributed by atoms with Gasteiger partial charge in [0.2, 0.25) is 0 Å². The lowest BCUT2D eigenvalue weighted by atomic mass is 10.2. The number of fused-ring (bicyclic) bond motifs is 1. The molecule has 0 aliphatic rings. The molecule has 0 atom stereocenters. The molecule has 0 aliphatic heterocycles. The number of benzene rings is 1. The Hall–Kier alpha value is -2.38. The summed E-state index contributed by atoms with van der Waals surface area (Å²) in [4.78, 5) is 24.3. The number of carboxylic acid groups (broad SMARTS) is 1. The number of unbranched alkanes of at least 4 members (excludes halogenated alkanes) is 1. The zero-order valence-corrected chi connectivity index (χ0v) is 15.7. The first-order valence-electron chi connectivity index (χ1n) is 8.21. The summed E-state index contributed by atoms with van der Waals surface area (Å²) in [5.74, 6) is -0.972. The van der Waals surface area contributed by atoms with Crippen molar-refractivity contribution >= 4 is 45.0 Å². The number of hydrogen-bond acceptors (Lipinski definition) is 4. The summed E-state index contributed by atoms with van der Waals surface area (Å²) in [6.45, 7) is 2.36. The van der Waals surface area contributed by atoms with Gasteiger partial charge in [-0.25, -0.2) is 4.68 Å². The molecule has 2 heterocycles. The summed E-state index contributed by atoms with van der Waals surface area (Å²) >= 11 is 7.45. The molecule has 0 saturated heterocycles. The van der Waals surface area contributed by atoms with E-state index in [1.54, 1.807) is 10.7 Å². The maximum atomic E-state index is 12.4. The minimum atomic E-state index is -0.818. The highest BCUT2D eigenvalue weighted by Crippen LogP contribution is 2.30. The average molecular weight is 392 g/mol. The van der Waals surface area contributed by atoms with E-state index in [0.29, 0.717) is 29.3 Å². The van der Waals surface area contributed by atoms with Crippen LogP contribution in [0.5, 0.6) is 0 Å². The number of carbonyl (C=O) groups is 2. The van der Waals surface area contributed by atoms with Crippen LogP contribution in [0.15, 0.2) is 30.3 Å². The van der Waals surface area contributed by atoms with Crippen LogP contribution in [0.2, 0.25) is 5.02 Å². The largest absolute Gasteiger partial charge is 0.481 e. The molecule has 26 heavy (non-hydrogen) atoms. The highest BCUT2D eigenvalue weighted by atomic mass is 35.5. The Bertz CT molecular complexity index is 964. The number of nitrogens with one attached hydrogen (secondary N) is 1. The molecule has 0 fully saturated rings. The van der Waals surface area contributed by atoms with Crippen molar-refractivity contribution in [1.29, 1.82) is 0 Å². The molecule has 136 valence electrons. The lowest BCUT2D eigenvalue weighted by molar-refractivity contribution is -0.137. The van der Waals surface area contributed by atoms with Gasteiger partial charge >= 0.3 is 5.97 Å². The van der Waals surface area contributed by atoms with Crippen LogP contribution in [-0.4, -0.2) is 33.3 Å². The standard InChI is InChI=1S/C18H18ClN3O3S/c1-11-14-10-15(17(25)20-8-3-2-7-16(23)24)26-18(14)22(21-11)13-6-4-5-12(19)9-13/h4-6,9-10H,2-3,7-8H2,1H3,(H,20,25)(H,23,24). The SMILES string of the molecule is Cc1nn(-c2cccc(Cl)c2)c2sc(C(=O)NCCCCC(=O)O)cc12. The summed E-state index contributed by atoms with van der Waals surface area (Å²) in [5, 5.41) is 17.6. The Labute approximate surface area is 159 Å². The fourth-order valence-electron chi connectivity index (χ4n) is 2.63. The predicted octanol–water partition coefficient (Wildman–Crippen LogP) is 4.03. The van der Waals surface area contributed by atoms with E-state index in [2.05, 4.69) is 10.4 Å². The molecular weight excluding hydrogens is 374 g/mol. The average Bonchev–Trinajstić information content (AvgIpc) is 3.15. The molecule has 0 saturated carbocycles. The van der Waals surface area contributed by atoms with Crippen molar-refractivity contribution in [2.75, 3.05) is 6.54 Å². The lowest BCUT2D eigenvalue weighted by Gasteiger charge is -2.03. The lowest BCUT2D eigenvalue weighted by Crippen LogP contribution is -2.23. The molecule has 3 rings (SSSR count). The summed E-state index contributed by atoms with van der Waals surface area (Å²) in [5.41, 5.74) is 1.69. The summed E-state index contributed by atoms with van der Waals surface area (Å²) in [6, 6.07) is 9.25. The van der Waals surface area contributed by atoms with Gasteiger partial charge in [-0.1, -0.05) is 17.7 Å². The minimum Gasteiger partial charge on any atom is -0.481 e. The smallest absolute Gasteiger partial charge is 0.303 e. The van der Waals surface area contributed by atoms with Gasteiger partial charge in [0.25, 0.3) is 5.91 Å². The maximum Gasteiger partial charge on any atom is 0.303 e. The molecule has 0 unspecified atom stereocenters. The molecule has 3 aromatic rings. The second-order valence-electron chi connectivity index (χ2n) is 5.91. The van der Waals surface area contributed by atoms with Gasteiger partial charge < -0.3 is 10.4 Å². The highest BCUT2D eigenvalue weighted by molar-refractivity contribution is 7.20. The van der Waals surface area contributed by atoms with Crippen molar-refractivity contribution < 1.29 is 14.7 Å². The van der Waals surface area contributed by atoms with Crippen molar-refractivity contribution in [2.24, 2.45) is 0 Å². The minimum absolute atomic E-state index is 0.118. The number of rotatable bonds is 7. The third kappa shape index (κ3) is 4.05. The first kappa shape index (κ1) is 18.4. The van der Waals surface area contributed by atoms with E-state index in [0.717, 1.165) is 21.6 Å². The van der Waals surface area contributed by atoms with Gasteiger partial charge in [0.1, 0.15) is 4.83 Å². The van der Waals surface area contributed by atoms with E-state index < -0.39 is 5.97 Å². The van der Waals surface area contributed by atoms with E-state index >= 15 is 0 Å². The topological polar surface area (TPSA) is 84.2 Å². The van der Waals surface area contributed by atoms with Gasteiger partial charge in [-0.2, -0.15) is 5.10 Å². The number of carbonyl (C=O) groups excluding carboxylic acids is 1. The molecular formula is C18H18ClN3O3S. The van der Waals surface area contributed by atoms with Crippen LogP contribution in [0.3, 0.4) is 0 Å². The zero-order valence-electron chi connectivity index (χ0n) is 14.2. The Morgan fingerprint density at radius 3 is 2.85 bits per heavy atom. The van der Waals surface area contributed by atoms with Crippen molar-refractivity contribution in [3.8, 4) is 5.69 Å². The molecule has 6 nitrogen and oxygen atoms in total. The molecule has 0 aliphatic carbocycles. The van der Waals surface area contributed by atoms with E-state index in [1.807, 2.05) is 31.2 Å². The molecule has 8 heteroatoms. The van der Waals surface area contributed by atoms with Crippen LogP contribution in [0.4, 0.5) is 0 Å². The normalized spacial score (nSPS) is 11.0. The van der Waals surface area contributed by atoms with E-state index in [9.17, 15) is 9.59 Å². The first-order valence-corrected chi connectivity index (χ1v) is 9.40. The Morgan fingerprint density at radius 1 is 1.31 bits per heavy atom. The summed E-state index contributed by atoms with van der Waals surface area (Å²) < 4.78 is 1.80. The van der Waals surface area contributed by atoms with E-state index in [-0.39, 0.29) is 12.3 Å². The molecule has 2 aromatic heterocycles. The van der Waals surface area contributed by atoms with Crippen molar-refractivity contribution in [1.82, 2.24) is 15.1 Å². The van der Waals surface area contributed by atoms with E-state index in [1.165, 1.54) is 11.3 Å². The number of aromatic nitrogens is 2. The van der Waals surface area contributed by atoms with Crippen molar-refractivity contribution in [3.05, 3.63) is 45.9 Å². The van der Waals surface area contributed by atoms with Crippen LogP contribution in [-0.2, 0) is 4.79 Å². The molecule has 1 amide bonds. The number of hydrogen-bond donors (Lipinski definition) is 2. The number of carboxylic acids is 1. The number of nitrogens with zero attached hydrogens (tertiary/aromatic N) is 2. The summed E-state index contributed by atoms with van der Waals surface area (Å²) in [7, 11) is 0. The fourth-order valence-corrected chi connectivity index (χ4v) is 3.92. The van der Waals surface area contributed by atoms with Crippen LogP contribution in [0.25, 0.3) is 15.9 Å². The van der Waals surface area contributed by atoms with Crippen LogP contribution in [0, 0.1) is 6.92 Å². The van der Waals surface area contributed by atoms with Crippen LogP contribution < -0.4 is 5.32 Å². The van der Waals surface area contributed by atoms with Gasteiger partial charge in [-0.3, -0.25) is 9.59 Å². The second kappa shape index (κ2) is 7.88. The molecule has 0 radical (unpaired) electrons. The predicted molar refractivity (Wildman–Crippen MR) is 103 cm³/mol. The van der Waals surface area contributed by atoms with E-state index in [4.69, 9.17) is 16.7 Å². The molecule has 0 spiro atoms. The third-order valence-corrected chi connectivity index (χ3v) is 5.27. The number of aryl methyl sites for hydroxylation is 1. The van der Waals surface area contributed by atoms with Gasteiger partial charge in [0.05, 0.1) is 16.3 Å². The quantitative estimate of drug-likeness (QED) is 0.595. The van der Waals surface area contributed by atoms with Gasteiger partial charge in [0, 0.05) is 23.4 Å². The molecule has 1 aromatic carbocycles. The number of amides is 1. The van der Waals surface area contributed by atoms with Gasteiger partial charge in [0.15, 0.2) is 0 Å². The number of aliphatic carboxylic acids is 1. The second-order valence-corrected chi connectivity index (χ2v) is 7.38. The third-order valence-electron chi connectivity index (χ3n) is 3.92. The fraction of sp³-hybridized carbons (Fsp3) is 0.278. The van der Waals surface area contributed by atoms with Crippen LogP contribution >= 0.6 is 22.9 Å². The van der Waals surface area contributed by atoms with Crippen LogP contribution in [0.1, 0.15) is 34.6 Å². The maximum absolute atomic E-state index is 12.4. The Morgan fingerprint density at radius 2 is 2.12 bits per heavy atom. The first-order chi connectivity index (χ1) is 12.5. The monoisotopic (exact) mass is 391 g/mol. The molecule has 0 bridgehead atoms. The number of thiophene rings is 1. The van der Waals surface area contributed by atoms with Gasteiger partial charge in [-0.05, 0) is 44.0 Å². The summed E-state index contributed by atoms with van der Waals surface area (Å²) in [6.07, 6.45) is 1.30. The number of halogens is 1. The Balaban J connectivity index is 1.76. The van der Waals surface area contributed by atoms with Crippen molar-refractivity contribution in [2.45, 2.75) is 26.2 Å². The Kier molecular flexibility index (Phi) is 5.58. The molecule has 2 N–H and O–H groups in total. The highest BCUT2D eigenvalue weighted by Gasteiger charge is 2.17. The van der Waals surface area contributed by atoms with Gasteiger partial charge in [-0.15, -0.1) is 11.3 Å². The van der Waals surface area contributed by atoms with Crippen molar-refractivity contribution in [3.63, 3.8) is 0 Å².